The Morgan fingerprint density at radius 2 is 2.10 bits per heavy atom. The first-order valence-electron chi connectivity index (χ1n) is 7.06. The Kier molecular flexibility index (Phi) is 5.25. The molecule has 1 amide bonds. The van der Waals surface area contributed by atoms with E-state index >= 15 is 0 Å². The van der Waals surface area contributed by atoms with Gasteiger partial charge in [-0.25, -0.2) is 8.78 Å². The van der Waals surface area contributed by atoms with Crippen LogP contribution in [0, 0.1) is 17.6 Å². The lowest BCUT2D eigenvalue weighted by Crippen LogP contribution is -2.39. The standard InChI is InChI=1S/C15H21F2N3O/c1-18-15(21)12-8-19(2)5-6-20(10-12)9-11-7-13(16)3-4-14(11)17/h3-4,7,12H,5-6,8-10H2,1-2H3,(H,18,21)/t12-/m0/s1. The van der Waals surface area contributed by atoms with E-state index in [1.807, 2.05) is 11.9 Å². The molecule has 116 valence electrons. The molecule has 0 unspecified atom stereocenters. The number of hydrogen-bond acceptors (Lipinski definition) is 3. The van der Waals surface area contributed by atoms with Crippen LogP contribution in [0.2, 0.25) is 0 Å². The van der Waals surface area contributed by atoms with Crippen LogP contribution in [0.1, 0.15) is 5.56 Å². The maximum atomic E-state index is 13.7. The first kappa shape index (κ1) is 15.9. The van der Waals surface area contributed by atoms with Gasteiger partial charge < -0.3 is 10.2 Å². The summed E-state index contributed by atoms with van der Waals surface area (Å²) in [5.74, 6) is -1.04. The fourth-order valence-electron chi connectivity index (χ4n) is 2.66. The zero-order valence-corrected chi connectivity index (χ0v) is 12.4. The van der Waals surface area contributed by atoms with Crippen LogP contribution >= 0.6 is 0 Å². The third-order valence-corrected chi connectivity index (χ3v) is 3.83. The molecule has 0 radical (unpaired) electrons. The molecule has 0 aromatic heterocycles. The molecular formula is C15H21F2N3O. The largest absolute Gasteiger partial charge is 0.359 e. The Balaban J connectivity index is 2.11. The average Bonchev–Trinajstić information content (AvgIpc) is 2.64. The summed E-state index contributed by atoms with van der Waals surface area (Å²) in [5.41, 5.74) is 0.329. The van der Waals surface area contributed by atoms with Crippen LogP contribution in [0.4, 0.5) is 8.78 Å². The van der Waals surface area contributed by atoms with Gasteiger partial charge in [0, 0.05) is 45.3 Å². The van der Waals surface area contributed by atoms with E-state index in [0.717, 1.165) is 25.2 Å². The Morgan fingerprint density at radius 1 is 1.33 bits per heavy atom. The number of amides is 1. The number of nitrogens with one attached hydrogen (secondary N) is 1. The van der Waals surface area contributed by atoms with Gasteiger partial charge in [0.2, 0.25) is 5.91 Å². The van der Waals surface area contributed by atoms with E-state index in [9.17, 15) is 13.6 Å². The number of hydrogen-bond donors (Lipinski definition) is 1. The third kappa shape index (κ3) is 4.22. The van der Waals surface area contributed by atoms with E-state index in [4.69, 9.17) is 0 Å². The van der Waals surface area contributed by atoms with E-state index in [0.29, 0.717) is 25.2 Å². The topological polar surface area (TPSA) is 35.6 Å². The maximum Gasteiger partial charge on any atom is 0.225 e. The SMILES string of the molecule is CNC(=O)[C@H]1CN(C)CCN(Cc2cc(F)ccc2F)C1. The minimum absolute atomic E-state index is 0.0199. The molecule has 1 aromatic carbocycles. The van der Waals surface area contributed by atoms with Crippen molar-refractivity contribution < 1.29 is 13.6 Å². The summed E-state index contributed by atoms with van der Waals surface area (Å²) in [4.78, 5) is 16.0. The summed E-state index contributed by atoms with van der Waals surface area (Å²) in [6, 6.07) is 3.48. The van der Waals surface area contributed by atoms with Crippen molar-refractivity contribution in [1.82, 2.24) is 15.1 Å². The van der Waals surface area contributed by atoms with Gasteiger partial charge >= 0.3 is 0 Å². The minimum Gasteiger partial charge on any atom is -0.359 e. The number of benzene rings is 1. The molecule has 0 aliphatic carbocycles. The minimum atomic E-state index is -0.443. The number of rotatable bonds is 3. The zero-order chi connectivity index (χ0) is 15.4. The molecule has 1 N–H and O–H groups in total. The van der Waals surface area contributed by atoms with Crippen molar-refractivity contribution in [2.75, 3.05) is 40.3 Å². The molecule has 2 rings (SSSR count). The molecule has 0 saturated carbocycles. The number of nitrogens with zero attached hydrogens (tertiary/aromatic N) is 2. The second-order valence-corrected chi connectivity index (χ2v) is 5.54. The maximum absolute atomic E-state index is 13.7. The smallest absolute Gasteiger partial charge is 0.225 e. The Morgan fingerprint density at radius 3 is 2.81 bits per heavy atom. The van der Waals surface area contributed by atoms with Crippen LogP contribution in [0.15, 0.2) is 18.2 Å². The van der Waals surface area contributed by atoms with E-state index in [1.165, 1.54) is 6.07 Å². The highest BCUT2D eigenvalue weighted by atomic mass is 19.1. The van der Waals surface area contributed by atoms with Crippen molar-refractivity contribution in [3.05, 3.63) is 35.4 Å². The van der Waals surface area contributed by atoms with Gasteiger partial charge in [-0.05, 0) is 25.2 Å². The van der Waals surface area contributed by atoms with E-state index in [-0.39, 0.29) is 11.8 Å². The molecule has 0 spiro atoms. The van der Waals surface area contributed by atoms with Crippen LogP contribution in [-0.2, 0) is 11.3 Å². The monoisotopic (exact) mass is 297 g/mol. The summed E-state index contributed by atoms with van der Waals surface area (Å²) in [7, 11) is 3.58. The van der Waals surface area contributed by atoms with Gasteiger partial charge in [0.05, 0.1) is 5.92 Å². The first-order chi connectivity index (χ1) is 9.99. The molecule has 1 aromatic rings. The van der Waals surface area contributed by atoms with Crippen LogP contribution in [0.5, 0.6) is 0 Å². The van der Waals surface area contributed by atoms with Gasteiger partial charge in [-0.15, -0.1) is 0 Å². The highest BCUT2D eigenvalue weighted by Crippen LogP contribution is 2.16. The molecule has 1 atom stereocenters. The Labute approximate surface area is 123 Å². The number of carbonyl (C=O) groups excluding carboxylic acids is 1. The van der Waals surface area contributed by atoms with Gasteiger partial charge in [-0.3, -0.25) is 9.69 Å². The van der Waals surface area contributed by atoms with Crippen molar-refractivity contribution in [2.24, 2.45) is 5.92 Å². The summed E-state index contributed by atoms with van der Waals surface area (Å²) in [6.45, 7) is 3.04. The van der Waals surface area contributed by atoms with E-state index < -0.39 is 11.6 Å². The molecule has 1 saturated heterocycles. The van der Waals surface area contributed by atoms with Crippen molar-refractivity contribution in [3.63, 3.8) is 0 Å². The van der Waals surface area contributed by atoms with Crippen molar-refractivity contribution in [2.45, 2.75) is 6.54 Å². The van der Waals surface area contributed by atoms with Gasteiger partial charge in [0.25, 0.3) is 0 Å². The molecule has 1 heterocycles. The molecular weight excluding hydrogens is 276 g/mol. The predicted molar refractivity (Wildman–Crippen MR) is 76.7 cm³/mol. The molecule has 4 nitrogen and oxygen atoms in total. The van der Waals surface area contributed by atoms with Gasteiger partial charge in [0.1, 0.15) is 11.6 Å². The van der Waals surface area contributed by atoms with Crippen LogP contribution in [-0.4, -0.2) is 56.0 Å². The molecule has 0 bridgehead atoms. The van der Waals surface area contributed by atoms with Gasteiger partial charge in [-0.1, -0.05) is 0 Å². The molecule has 1 fully saturated rings. The fourth-order valence-corrected chi connectivity index (χ4v) is 2.66. The lowest BCUT2D eigenvalue weighted by atomic mass is 10.1. The number of carbonyl (C=O) groups is 1. The Hall–Kier alpha value is -1.53. The number of likely N-dealkylation sites (N-methyl/N-ethyl adjacent to an activating group) is 1. The lowest BCUT2D eigenvalue weighted by Gasteiger charge is -2.23. The van der Waals surface area contributed by atoms with E-state index in [2.05, 4.69) is 10.2 Å². The summed E-state index contributed by atoms with van der Waals surface area (Å²) in [5, 5.41) is 2.66. The van der Waals surface area contributed by atoms with Crippen LogP contribution in [0.3, 0.4) is 0 Å². The molecule has 1 aliphatic heterocycles. The summed E-state index contributed by atoms with van der Waals surface area (Å²) >= 11 is 0. The van der Waals surface area contributed by atoms with Gasteiger partial charge in [0.15, 0.2) is 0 Å². The molecule has 1 aliphatic rings. The molecule has 6 heteroatoms. The van der Waals surface area contributed by atoms with Crippen molar-refractivity contribution >= 4 is 5.91 Å². The Bertz CT molecular complexity index is 510. The summed E-state index contributed by atoms with van der Waals surface area (Å²) < 4.78 is 27.0. The predicted octanol–water partition coefficient (Wildman–Crippen LogP) is 1.07. The van der Waals surface area contributed by atoms with Crippen molar-refractivity contribution in [3.8, 4) is 0 Å². The van der Waals surface area contributed by atoms with Crippen LogP contribution in [0.25, 0.3) is 0 Å². The quantitative estimate of drug-likeness (QED) is 0.907. The zero-order valence-electron chi connectivity index (χ0n) is 12.4. The van der Waals surface area contributed by atoms with Gasteiger partial charge in [-0.2, -0.15) is 0 Å². The first-order valence-corrected chi connectivity index (χ1v) is 7.06. The number of halogens is 2. The average molecular weight is 297 g/mol. The van der Waals surface area contributed by atoms with E-state index in [1.54, 1.807) is 7.05 Å². The summed E-state index contributed by atoms with van der Waals surface area (Å²) in [6.07, 6.45) is 0. The second kappa shape index (κ2) is 6.95. The highest BCUT2D eigenvalue weighted by Gasteiger charge is 2.26. The highest BCUT2D eigenvalue weighted by molar-refractivity contribution is 5.78. The molecule has 21 heavy (non-hydrogen) atoms. The second-order valence-electron chi connectivity index (χ2n) is 5.54. The normalized spacial score (nSPS) is 21.0. The fraction of sp³-hybridized carbons (Fsp3) is 0.533. The lowest BCUT2D eigenvalue weighted by molar-refractivity contribution is -0.125. The third-order valence-electron chi connectivity index (χ3n) is 3.83. The van der Waals surface area contributed by atoms with Crippen molar-refractivity contribution in [1.29, 1.82) is 0 Å². The van der Waals surface area contributed by atoms with Crippen LogP contribution < -0.4 is 5.32 Å².